The summed E-state index contributed by atoms with van der Waals surface area (Å²) in [4.78, 5) is 8.70. The van der Waals surface area contributed by atoms with Gasteiger partial charge in [0.25, 0.3) is 0 Å². The van der Waals surface area contributed by atoms with Crippen molar-refractivity contribution in [1.29, 1.82) is 0 Å². The summed E-state index contributed by atoms with van der Waals surface area (Å²) in [7, 11) is 0. The van der Waals surface area contributed by atoms with Crippen LogP contribution >= 0.6 is 0 Å². The fourth-order valence-corrected chi connectivity index (χ4v) is 2.02. The lowest BCUT2D eigenvalue weighted by Crippen LogP contribution is -2.31. The highest BCUT2D eigenvalue weighted by atomic mass is 15.1. The highest BCUT2D eigenvalue weighted by Crippen LogP contribution is 2.28. The zero-order chi connectivity index (χ0) is 14.0. The van der Waals surface area contributed by atoms with Crippen LogP contribution in [-0.2, 0) is 13.0 Å². The topological polar surface area (TPSA) is 75.9 Å². The van der Waals surface area contributed by atoms with Crippen molar-refractivity contribution in [3.05, 3.63) is 11.3 Å². The van der Waals surface area contributed by atoms with Crippen LogP contribution in [0.4, 0.5) is 11.8 Å². The Morgan fingerprint density at radius 2 is 2.11 bits per heavy atom. The lowest BCUT2D eigenvalue weighted by Gasteiger charge is -2.30. The minimum atomic E-state index is 0.217. The van der Waals surface area contributed by atoms with Crippen LogP contribution in [0.25, 0.3) is 0 Å². The number of nitrogens with one attached hydrogen (secondary N) is 2. The molecule has 2 heterocycles. The molecular weight excluding hydrogens is 238 g/mol. The van der Waals surface area contributed by atoms with E-state index in [1.807, 2.05) is 0 Å². The second-order valence-electron chi connectivity index (χ2n) is 6.28. The molecule has 0 bridgehead atoms. The zero-order valence-corrected chi connectivity index (χ0v) is 12.4. The molecule has 0 atom stereocenters. The van der Waals surface area contributed by atoms with Gasteiger partial charge in [0.2, 0.25) is 5.95 Å². The van der Waals surface area contributed by atoms with E-state index in [9.17, 15) is 0 Å². The third kappa shape index (κ3) is 3.15. The Hall–Kier alpha value is -1.36. The molecule has 19 heavy (non-hydrogen) atoms. The molecule has 0 fully saturated rings. The van der Waals surface area contributed by atoms with E-state index in [1.54, 1.807) is 0 Å². The molecule has 5 heteroatoms. The largest absolute Gasteiger partial charge is 0.369 e. The molecule has 2 rings (SSSR count). The molecule has 0 saturated heterocycles. The van der Waals surface area contributed by atoms with Gasteiger partial charge in [0.1, 0.15) is 5.82 Å². The second-order valence-corrected chi connectivity index (χ2v) is 6.28. The Labute approximate surface area is 115 Å². The van der Waals surface area contributed by atoms with Crippen molar-refractivity contribution in [3.8, 4) is 0 Å². The van der Waals surface area contributed by atoms with Gasteiger partial charge in [-0.15, -0.1) is 0 Å². The monoisotopic (exact) mass is 263 g/mol. The van der Waals surface area contributed by atoms with Crippen LogP contribution in [0.1, 0.15) is 39.0 Å². The smallest absolute Gasteiger partial charge is 0.222 e. The van der Waals surface area contributed by atoms with Crippen LogP contribution < -0.4 is 16.4 Å². The summed E-state index contributed by atoms with van der Waals surface area (Å²) in [5.41, 5.74) is 8.26. The number of nitrogen functional groups attached to an aromatic ring is 1. The van der Waals surface area contributed by atoms with Crippen LogP contribution in [-0.4, -0.2) is 23.1 Å². The van der Waals surface area contributed by atoms with Crippen LogP contribution in [0, 0.1) is 11.3 Å². The number of nitrogens with two attached hydrogens (primary N) is 1. The predicted molar refractivity (Wildman–Crippen MR) is 79.0 cm³/mol. The van der Waals surface area contributed by atoms with E-state index in [4.69, 9.17) is 5.73 Å². The minimum absolute atomic E-state index is 0.217. The summed E-state index contributed by atoms with van der Waals surface area (Å²) in [6, 6.07) is 0. The molecule has 0 unspecified atom stereocenters. The highest BCUT2D eigenvalue weighted by molar-refractivity contribution is 5.50. The van der Waals surface area contributed by atoms with Crippen molar-refractivity contribution in [3.63, 3.8) is 0 Å². The number of hydrogen-bond acceptors (Lipinski definition) is 5. The van der Waals surface area contributed by atoms with E-state index in [0.29, 0.717) is 11.9 Å². The lowest BCUT2D eigenvalue weighted by atomic mass is 9.81. The molecule has 0 spiro atoms. The van der Waals surface area contributed by atoms with E-state index in [0.717, 1.165) is 37.6 Å². The zero-order valence-electron chi connectivity index (χ0n) is 12.4. The van der Waals surface area contributed by atoms with Crippen LogP contribution in [0.15, 0.2) is 0 Å². The quantitative estimate of drug-likeness (QED) is 0.772. The molecule has 1 aromatic heterocycles. The molecule has 1 aliphatic heterocycles. The molecule has 0 saturated carbocycles. The SMILES string of the molecule is CC(C)C(C)(C)CNc1nc(N)nc2c1CNCC2. The first-order valence-electron chi connectivity index (χ1n) is 7.00. The molecule has 106 valence electrons. The molecule has 0 aromatic carbocycles. The maximum Gasteiger partial charge on any atom is 0.222 e. The summed E-state index contributed by atoms with van der Waals surface area (Å²) in [5, 5.41) is 6.82. The number of hydrogen-bond donors (Lipinski definition) is 3. The van der Waals surface area contributed by atoms with Gasteiger partial charge in [-0.1, -0.05) is 27.7 Å². The molecular formula is C14H25N5. The molecule has 1 aliphatic rings. The van der Waals surface area contributed by atoms with Gasteiger partial charge in [-0.05, 0) is 11.3 Å². The number of fused-ring (bicyclic) bond motifs is 1. The van der Waals surface area contributed by atoms with E-state index in [1.165, 1.54) is 5.56 Å². The fraction of sp³-hybridized carbons (Fsp3) is 0.714. The minimum Gasteiger partial charge on any atom is -0.369 e. The van der Waals surface area contributed by atoms with Gasteiger partial charge < -0.3 is 16.4 Å². The van der Waals surface area contributed by atoms with Gasteiger partial charge in [0, 0.05) is 31.6 Å². The number of nitrogens with zero attached hydrogens (tertiary/aromatic N) is 2. The summed E-state index contributed by atoms with van der Waals surface area (Å²) in [5.74, 6) is 1.86. The van der Waals surface area contributed by atoms with Crippen LogP contribution in [0.2, 0.25) is 0 Å². The number of aromatic nitrogens is 2. The summed E-state index contributed by atoms with van der Waals surface area (Å²) >= 11 is 0. The first-order chi connectivity index (χ1) is 8.90. The van der Waals surface area contributed by atoms with Crippen molar-refractivity contribution in [1.82, 2.24) is 15.3 Å². The van der Waals surface area contributed by atoms with E-state index in [2.05, 4.69) is 48.3 Å². The first-order valence-corrected chi connectivity index (χ1v) is 7.00. The highest BCUT2D eigenvalue weighted by Gasteiger charge is 2.24. The Morgan fingerprint density at radius 1 is 1.37 bits per heavy atom. The normalized spacial score (nSPS) is 15.4. The Bertz CT molecular complexity index is 453. The Kier molecular flexibility index (Phi) is 3.94. The van der Waals surface area contributed by atoms with Gasteiger partial charge in [-0.25, -0.2) is 4.98 Å². The maximum atomic E-state index is 5.80. The fourth-order valence-electron chi connectivity index (χ4n) is 2.02. The molecule has 0 amide bonds. The van der Waals surface area contributed by atoms with Gasteiger partial charge in [-0.3, -0.25) is 0 Å². The van der Waals surface area contributed by atoms with Gasteiger partial charge in [0.15, 0.2) is 0 Å². The van der Waals surface area contributed by atoms with E-state index in [-0.39, 0.29) is 5.41 Å². The van der Waals surface area contributed by atoms with E-state index >= 15 is 0 Å². The number of rotatable bonds is 4. The molecule has 4 N–H and O–H groups in total. The summed E-state index contributed by atoms with van der Waals surface area (Å²) < 4.78 is 0. The standard InChI is InChI=1S/C14H25N5/c1-9(2)14(3,4)8-17-12-10-7-16-6-5-11(10)18-13(15)19-12/h9,16H,5-8H2,1-4H3,(H3,15,17,18,19). The van der Waals surface area contributed by atoms with E-state index < -0.39 is 0 Å². The van der Waals surface area contributed by atoms with Gasteiger partial charge >= 0.3 is 0 Å². The average Bonchev–Trinajstić information content (AvgIpc) is 2.35. The van der Waals surface area contributed by atoms with Gasteiger partial charge in [-0.2, -0.15) is 4.98 Å². The first kappa shape index (κ1) is 14.1. The third-order valence-electron chi connectivity index (χ3n) is 4.22. The van der Waals surface area contributed by atoms with Crippen molar-refractivity contribution < 1.29 is 0 Å². The van der Waals surface area contributed by atoms with Crippen molar-refractivity contribution in [2.45, 2.75) is 40.7 Å². The predicted octanol–water partition coefficient (Wildman–Crippen LogP) is 1.80. The maximum absolute atomic E-state index is 5.80. The average molecular weight is 263 g/mol. The Balaban J connectivity index is 2.18. The van der Waals surface area contributed by atoms with Crippen molar-refractivity contribution in [2.24, 2.45) is 11.3 Å². The van der Waals surface area contributed by atoms with Gasteiger partial charge in [0.05, 0.1) is 5.69 Å². The second kappa shape index (κ2) is 5.33. The lowest BCUT2D eigenvalue weighted by molar-refractivity contribution is 0.269. The Morgan fingerprint density at radius 3 is 2.79 bits per heavy atom. The molecule has 1 aromatic rings. The van der Waals surface area contributed by atoms with Crippen molar-refractivity contribution >= 4 is 11.8 Å². The summed E-state index contributed by atoms with van der Waals surface area (Å²) in [6.07, 6.45) is 0.921. The van der Waals surface area contributed by atoms with Crippen molar-refractivity contribution in [2.75, 3.05) is 24.1 Å². The third-order valence-corrected chi connectivity index (χ3v) is 4.22. The molecule has 5 nitrogen and oxygen atoms in total. The molecule has 0 aliphatic carbocycles. The number of anilines is 2. The summed E-state index contributed by atoms with van der Waals surface area (Å²) in [6.45, 7) is 11.7. The molecule has 0 radical (unpaired) electrons. The van der Waals surface area contributed by atoms with Crippen LogP contribution in [0.3, 0.4) is 0 Å². The van der Waals surface area contributed by atoms with Crippen LogP contribution in [0.5, 0.6) is 0 Å².